The minimum absolute atomic E-state index is 0.0551. The van der Waals surface area contributed by atoms with Crippen molar-refractivity contribution in [3.05, 3.63) is 59.2 Å². The Kier molecular flexibility index (Phi) is 5.06. The predicted molar refractivity (Wildman–Crippen MR) is 105 cm³/mol. The van der Waals surface area contributed by atoms with E-state index in [4.69, 9.17) is 5.14 Å². The summed E-state index contributed by atoms with van der Waals surface area (Å²) >= 11 is 0. The van der Waals surface area contributed by atoms with E-state index < -0.39 is 10.0 Å². The van der Waals surface area contributed by atoms with Crippen molar-refractivity contribution in [3.63, 3.8) is 0 Å². The van der Waals surface area contributed by atoms with Gasteiger partial charge < -0.3 is 15.7 Å². The Morgan fingerprint density at radius 1 is 1.11 bits per heavy atom. The van der Waals surface area contributed by atoms with E-state index in [9.17, 15) is 13.5 Å². The lowest BCUT2D eigenvalue weighted by atomic mass is 10.1. The molecule has 0 spiro atoms. The van der Waals surface area contributed by atoms with Crippen molar-refractivity contribution in [1.29, 1.82) is 0 Å². The van der Waals surface area contributed by atoms with Gasteiger partial charge in [0.15, 0.2) is 0 Å². The highest BCUT2D eigenvalue weighted by Crippen LogP contribution is 2.24. The largest absolute Gasteiger partial charge is 0.507 e. The number of primary sulfonamides is 1. The zero-order valence-electron chi connectivity index (χ0n) is 14.9. The van der Waals surface area contributed by atoms with Gasteiger partial charge in [0.2, 0.25) is 10.0 Å². The predicted octanol–water partition coefficient (Wildman–Crippen LogP) is 2.74. The molecule has 2 aromatic carbocycles. The van der Waals surface area contributed by atoms with Gasteiger partial charge in [-0.15, -0.1) is 0 Å². The first-order valence-electron chi connectivity index (χ1n) is 8.20. The second-order valence-electron chi connectivity index (χ2n) is 6.29. The third-order valence-corrected chi connectivity index (χ3v) is 4.99. The number of hydrogen-bond acceptors (Lipinski definition) is 6. The summed E-state index contributed by atoms with van der Waals surface area (Å²) in [5.74, 6) is 1.62. The van der Waals surface area contributed by atoms with E-state index in [1.54, 1.807) is 18.2 Å². The number of anilines is 3. The van der Waals surface area contributed by atoms with Crippen LogP contribution in [0.5, 0.6) is 5.75 Å². The van der Waals surface area contributed by atoms with Crippen molar-refractivity contribution in [1.82, 2.24) is 10.2 Å². The Bertz CT molecular complexity index is 1040. The molecule has 0 saturated heterocycles. The highest BCUT2D eigenvalue weighted by Gasteiger charge is 2.08. The summed E-state index contributed by atoms with van der Waals surface area (Å²) in [5, 5.41) is 28.3. The number of nitrogens with one attached hydrogen (secondary N) is 3. The van der Waals surface area contributed by atoms with E-state index in [0.717, 1.165) is 16.7 Å². The van der Waals surface area contributed by atoms with Crippen molar-refractivity contribution in [3.8, 4) is 5.75 Å². The van der Waals surface area contributed by atoms with E-state index in [1.165, 1.54) is 12.1 Å². The van der Waals surface area contributed by atoms with E-state index in [0.29, 0.717) is 29.6 Å². The van der Waals surface area contributed by atoms with Crippen molar-refractivity contribution in [2.75, 3.05) is 10.6 Å². The van der Waals surface area contributed by atoms with Crippen LogP contribution in [-0.2, 0) is 16.6 Å². The maximum atomic E-state index is 11.3. The monoisotopic (exact) mass is 387 g/mol. The Morgan fingerprint density at radius 3 is 2.33 bits per heavy atom. The molecule has 3 rings (SSSR count). The van der Waals surface area contributed by atoms with Gasteiger partial charge in [-0.05, 0) is 54.8 Å². The molecule has 0 bridgehead atoms. The second kappa shape index (κ2) is 7.29. The highest BCUT2D eigenvalue weighted by molar-refractivity contribution is 7.89. The van der Waals surface area contributed by atoms with Crippen LogP contribution in [0, 0.1) is 13.8 Å². The van der Waals surface area contributed by atoms with Crippen molar-refractivity contribution >= 4 is 27.3 Å². The summed E-state index contributed by atoms with van der Waals surface area (Å²) in [6, 6.07) is 11.8. The summed E-state index contributed by atoms with van der Waals surface area (Å²) in [4.78, 5) is 0.0551. The number of nitrogens with zero attached hydrogens (tertiary/aromatic N) is 1. The van der Waals surface area contributed by atoms with Gasteiger partial charge in [0.25, 0.3) is 0 Å². The lowest BCUT2D eigenvalue weighted by Crippen LogP contribution is -2.11. The lowest BCUT2D eigenvalue weighted by molar-refractivity contribution is 0.466. The van der Waals surface area contributed by atoms with Gasteiger partial charge >= 0.3 is 0 Å². The van der Waals surface area contributed by atoms with Crippen LogP contribution in [0.4, 0.5) is 17.3 Å². The molecular weight excluding hydrogens is 366 g/mol. The number of aromatic amines is 1. The number of aromatic hydroxyl groups is 1. The first-order chi connectivity index (χ1) is 12.7. The van der Waals surface area contributed by atoms with Crippen LogP contribution in [0.1, 0.15) is 16.7 Å². The summed E-state index contributed by atoms with van der Waals surface area (Å²) in [6.07, 6.45) is 0. The van der Waals surface area contributed by atoms with Crippen molar-refractivity contribution < 1.29 is 13.5 Å². The molecule has 9 heteroatoms. The Labute approximate surface area is 157 Å². The van der Waals surface area contributed by atoms with Gasteiger partial charge in [-0.2, -0.15) is 5.10 Å². The number of nitrogens with two attached hydrogens (primary N) is 1. The van der Waals surface area contributed by atoms with Crippen LogP contribution < -0.4 is 15.8 Å². The standard InChI is InChI=1S/C18H21N5O3S/c1-11-7-13(8-12(2)18(11)24)10-20-16-9-17(23-22-16)21-14-3-5-15(6-4-14)27(19,25)26/h3-9,24H,10H2,1-2H3,(H2,19,25,26)(H3,20,21,22,23). The van der Waals surface area contributed by atoms with Gasteiger partial charge in [-0.1, -0.05) is 12.1 Å². The van der Waals surface area contributed by atoms with Crippen LogP contribution in [0.25, 0.3) is 0 Å². The molecule has 8 nitrogen and oxygen atoms in total. The van der Waals surface area contributed by atoms with Crippen molar-refractivity contribution in [2.24, 2.45) is 5.14 Å². The average Bonchev–Trinajstić information content (AvgIpc) is 3.05. The molecule has 142 valence electrons. The summed E-state index contributed by atoms with van der Waals surface area (Å²) in [5.41, 5.74) is 3.40. The minimum Gasteiger partial charge on any atom is -0.507 e. The molecule has 0 unspecified atom stereocenters. The maximum Gasteiger partial charge on any atom is 0.238 e. The van der Waals surface area contributed by atoms with Gasteiger partial charge in [0, 0.05) is 18.3 Å². The quantitative estimate of drug-likeness (QED) is 0.442. The van der Waals surface area contributed by atoms with E-state index in [1.807, 2.05) is 26.0 Å². The summed E-state index contributed by atoms with van der Waals surface area (Å²) in [7, 11) is -3.70. The fourth-order valence-electron chi connectivity index (χ4n) is 2.70. The molecule has 0 radical (unpaired) electrons. The van der Waals surface area contributed by atoms with Crippen LogP contribution in [0.3, 0.4) is 0 Å². The number of hydrogen-bond donors (Lipinski definition) is 5. The normalized spacial score (nSPS) is 11.4. The first kappa shape index (κ1) is 18.7. The molecule has 0 fully saturated rings. The molecule has 0 saturated carbocycles. The highest BCUT2D eigenvalue weighted by atomic mass is 32.2. The molecule has 1 aromatic heterocycles. The number of H-pyrrole nitrogens is 1. The van der Waals surface area contributed by atoms with Crippen LogP contribution in [0.2, 0.25) is 0 Å². The molecule has 3 aromatic rings. The first-order valence-corrected chi connectivity index (χ1v) is 9.75. The fourth-order valence-corrected chi connectivity index (χ4v) is 3.22. The SMILES string of the molecule is Cc1cc(CNc2cc(Nc3ccc(S(N)(=O)=O)cc3)[nH]n2)cc(C)c1O. The molecule has 0 aliphatic heterocycles. The molecule has 0 atom stereocenters. The van der Waals surface area contributed by atoms with Gasteiger partial charge in [-0.25, -0.2) is 13.6 Å². The molecule has 0 aliphatic carbocycles. The van der Waals surface area contributed by atoms with E-state index in [2.05, 4.69) is 20.8 Å². The summed E-state index contributed by atoms with van der Waals surface area (Å²) < 4.78 is 22.5. The number of aromatic nitrogens is 2. The van der Waals surface area contributed by atoms with E-state index >= 15 is 0 Å². The lowest BCUT2D eigenvalue weighted by Gasteiger charge is -2.08. The van der Waals surface area contributed by atoms with Crippen LogP contribution in [-0.4, -0.2) is 23.7 Å². The van der Waals surface area contributed by atoms with Gasteiger partial charge in [-0.3, -0.25) is 5.10 Å². The Morgan fingerprint density at radius 2 is 1.74 bits per heavy atom. The van der Waals surface area contributed by atoms with Gasteiger partial charge in [0.1, 0.15) is 17.4 Å². The molecule has 0 amide bonds. The second-order valence-corrected chi connectivity index (χ2v) is 7.85. The van der Waals surface area contributed by atoms with Crippen molar-refractivity contribution in [2.45, 2.75) is 25.3 Å². The number of aryl methyl sites for hydroxylation is 2. The number of phenolic OH excluding ortho intramolecular Hbond substituents is 1. The Hall–Kier alpha value is -3.04. The zero-order valence-corrected chi connectivity index (χ0v) is 15.8. The number of sulfonamides is 1. The van der Waals surface area contributed by atoms with Crippen LogP contribution in [0.15, 0.2) is 47.4 Å². The Balaban J connectivity index is 1.63. The number of rotatable bonds is 6. The minimum atomic E-state index is -3.70. The zero-order chi connectivity index (χ0) is 19.6. The smallest absolute Gasteiger partial charge is 0.238 e. The fraction of sp³-hybridized carbons (Fsp3) is 0.167. The maximum absolute atomic E-state index is 11.3. The average molecular weight is 387 g/mol. The molecule has 6 N–H and O–H groups in total. The third-order valence-electron chi connectivity index (χ3n) is 4.06. The topological polar surface area (TPSA) is 133 Å². The van der Waals surface area contributed by atoms with Crippen LogP contribution >= 0.6 is 0 Å². The molecule has 1 heterocycles. The molecule has 27 heavy (non-hydrogen) atoms. The molecule has 0 aliphatic rings. The number of benzene rings is 2. The molecular formula is C18H21N5O3S. The summed E-state index contributed by atoms with van der Waals surface area (Å²) in [6.45, 7) is 4.29. The van der Waals surface area contributed by atoms with E-state index in [-0.39, 0.29) is 4.90 Å². The third kappa shape index (κ3) is 4.57. The van der Waals surface area contributed by atoms with Gasteiger partial charge in [0.05, 0.1) is 4.90 Å². The number of phenols is 1.